The van der Waals surface area contributed by atoms with Crippen molar-refractivity contribution in [2.45, 2.75) is 31.8 Å². The van der Waals surface area contributed by atoms with Gasteiger partial charge in [-0.1, -0.05) is 6.07 Å². The van der Waals surface area contributed by atoms with Gasteiger partial charge in [0, 0.05) is 25.5 Å². The summed E-state index contributed by atoms with van der Waals surface area (Å²) in [5.41, 5.74) is 9.26. The van der Waals surface area contributed by atoms with Crippen LogP contribution < -0.4 is 10.5 Å². The molecule has 6 heteroatoms. The molecule has 0 atom stereocenters. The van der Waals surface area contributed by atoms with Gasteiger partial charge in [0.2, 0.25) is 10.0 Å². The minimum absolute atomic E-state index is 0.222. The average Bonchev–Trinajstić information content (AvgIpc) is 2.46. The maximum atomic E-state index is 12.3. The summed E-state index contributed by atoms with van der Waals surface area (Å²) in [6.07, 6.45) is 3.35. The highest BCUT2D eigenvalue weighted by Crippen LogP contribution is 2.16. The van der Waals surface area contributed by atoms with E-state index < -0.39 is 10.0 Å². The van der Waals surface area contributed by atoms with Crippen LogP contribution in [0.15, 0.2) is 41.6 Å². The number of aromatic nitrogens is 1. The van der Waals surface area contributed by atoms with Crippen molar-refractivity contribution in [3.8, 4) is 0 Å². The van der Waals surface area contributed by atoms with Crippen LogP contribution in [0.5, 0.6) is 0 Å². The normalized spacial score (nSPS) is 11.6. The fourth-order valence-corrected chi connectivity index (χ4v) is 3.09. The lowest BCUT2D eigenvalue weighted by molar-refractivity contribution is 0.581. The van der Waals surface area contributed by atoms with E-state index in [0.29, 0.717) is 6.54 Å². The highest BCUT2D eigenvalue weighted by molar-refractivity contribution is 7.89. The molecule has 0 fully saturated rings. The van der Waals surface area contributed by atoms with E-state index in [-0.39, 0.29) is 11.4 Å². The zero-order valence-electron chi connectivity index (χ0n) is 12.1. The summed E-state index contributed by atoms with van der Waals surface area (Å²) < 4.78 is 27.2. The molecule has 5 nitrogen and oxygen atoms in total. The van der Waals surface area contributed by atoms with Crippen molar-refractivity contribution < 1.29 is 8.42 Å². The molecule has 2 rings (SSSR count). The molecule has 0 aliphatic carbocycles. The van der Waals surface area contributed by atoms with E-state index >= 15 is 0 Å². The standard InChI is InChI=1S/C15H19N3O2S/c1-11-5-6-17-9-14(11)10-18-21(19,20)15-4-3-13(8-16)12(2)7-15/h3-7,9,18H,8,10,16H2,1-2H3. The van der Waals surface area contributed by atoms with Crippen LogP contribution in [0.4, 0.5) is 0 Å². The lowest BCUT2D eigenvalue weighted by Gasteiger charge is -2.10. The molecule has 0 saturated carbocycles. The summed E-state index contributed by atoms with van der Waals surface area (Å²) in [5, 5.41) is 0. The first-order chi connectivity index (χ1) is 9.94. The fourth-order valence-electron chi connectivity index (χ4n) is 2.00. The number of nitrogens with zero attached hydrogens (tertiary/aromatic N) is 1. The van der Waals surface area contributed by atoms with Gasteiger partial charge in [0.15, 0.2) is 0 Å². The van der Waals surface area contributed by atoms with Gasteiger partial charge in [-0.05, 0) is 54.3 Å². The highest BCUT2D eigenvalue weighted by Gasteiger charge is 2.15. The highest BCUT2D eigenvalue weighted by atomic mass is 32.2. The summed E-state index contributed by atoms with van der Waals surface area (Å²) in [7, 11) is -3.54. The lowest BCUT2D eigenvalue weighted by Crippen LogP contribution is -2.24. The van der Waals surface area contributed by atoms with E-state index in [9.17, 15) is 8.42 Å². The SMILES string of the molecule is Cc1cc(S(=O)(=O)NCc2cnccc2C)ccc1CN. The second-order valence-electron chi connectivity index (χ2n) is 4.92. The van der Waals surface area contributed by atoms with Gasteiger partial charge in [-0.15, -0.1) is 0 Å². The molecule has 1 heterocycles. The van der Waals surface area contributed by atoms with Crippen molar-refractivity contribution in [3.05, 3.63) is 58.9 Å². The molecule has 0 unspecified atom stereocenters. The van der Waals surface area contributed by atoms with E-state index in [0.717, 1.165) is 22.3 Å². The zero-order valence-corrected chi connectivity index (χ0v) is 12.9. The van der Waals surface area contributed by atoms with E-state index in [4.69, 9.17) is 5.73 Å². The molecule has 0 radical (unpaired) electrons. The van der Waals surface area contributed by atoms with Gasteiger partial charge >= 0.3 is 0 Å². The second-order valence-corrected chi connectivity index (χ2v) is 6.69. The van der Waals surface area contributed by atoms with Gasteiger partial charge in [0.1, 0.15) is 0 Å². The van der Waals surface area contributed by atoms with Crippen molar-refractivity contribution in [1.29, 1.82) is 0 Å². The number of sulfonamides is 1. The summed E-state index contributed by atoms with van der Waals surface area (Å²) in [6, 6.07) is 6.82. The maximum Gasteiger partial charge on any atom is 0.240 e. The first-order valence-electron chi connectivity index (χ1n) is 6.63. The number of hydrogen-bond donors (Lipinski definition) is 2. The van der Waals surface area contributed by atoms with Crippen LogP contribution in [0.25, 0.3) is 0 Å². The Labute approximate surface area is 125 Å². The Kier molecular flexibility index (Phi) is 4.72. The molecule has 0 spiro atoms. The van der Waals surface area contributed by atoms with Crippen molar-refractivity contribution in [3.63, 3.8) is 0 Å². The summed E-state index contributed by atoms with van der Waals surface area (Å²) in [4.78, 5) is 4.26. The number of benzene rings is 1. The predicted molar refractivity (Wildman–Crippen MR) is 82.1 cm³/mol. The summed E-state index contributed by atoms with van der Waals surface area (Å²) >= 11 is 0. The quantitative estimate of drug-likeness (QED) is 0.879. The Bertz CT molecular complexity index is 742. The lowest BCUT2D eigenvalue weighted by atomic mass is 10.1. The van der Waals surface area contributed by atoms with Crippen molar-refractivity contribution in [2.75, 3.05) is 0 Å². The third-order valence-corrected chi connectivity index (χ3v) is 4.84. The monoisotopic (exact) mass is 305 g/mol. The molecule has 0 saturated heterocycles. The molecule has 3 N–H and O–H groups in total. The third-order valence-electron chi connectivity index (χ3n) is 3.44. The topological polar surface area (TPSA) is 85.1 Å². The van der Waals surface area contributed by atoms with Crippen LogP contribution in [-0.2, 0) is 23.1 Å². The number of pyridine rings is 1. The van der Waals surface area contributed by atoms with Crippen molar-refractivity contribution >= 4 is 10.0 Å². The Morgan fingerprint density at radius 3 is 2.52 bits per heavy atom. The van der Waals surface area contributed by atoms with E-state index in [1.54, 1.807) is 30.6 Å². The molecular weight excluding hydrogens is 286 g/mol. The van der Waals surface area contributed by atoms with Crippen LogP contribution in [0.2, 0.25) is 0 Å². The Balaban J connectivity index is 2.19. The van der Waals surface area contributed by atoms with Crippen LogP contribution in [0.1, 0.15) is 22.3 Å². The minimum atomic E-state index is -3.54. The van der Waals surface area contributed by atoms with Gasteiger partial charge in [-0.3, -0.25) is 4.98 Å². The summed E-state index contributed by atoms with van der Waals surface area (Å²) in [5.74, 6) is 0. The molecule has 0 bridgehead atoms. The van der Waals surface area contributed by atoms with Crippen LogP contribution >= 0.6 is 0 Å². The molecule has 1 aromatic heterocycles. The zero-order chi connectivity index (χ0) is 15.5. The van der Waals surface area contributed by atoms with Crippen molar-refractivity contribution in [2.24, 2.45) is 5.73 Å². The first kappa shape index (κ1) is 15.6. The number of hydrogen-bond acceptors (Lipinski definition) is 4. The smallest absolute Gasteiger partial charge is 0.240 e. The Morgan fingerprint density at radius 2 is 1.90 bits per heavy atom. The van der Waals surface area contributed by atoms with Gasteiger partial charge in [-0.2, -0.15) is 0 Å². The van der Waals surface area contributed by atoms with Crippen LogP contribution in [-0.4, -0.2) is 13.4 Å². The van der Waals surface area contributed by atoms with Crippen LogP contribution in [0.3, 0.4) is 0 Å². The van der Waals surface area contributed by atoms with E-state index in [1.807, 2.05) is 19.9 Å². The van der Waals surface area contributed by atoms with E-state index in [2.05, 4.69) is 9.71 Å². The number of rotatable bonds is 5. The summed E-state index contributed by atoms with van der Waals surface area (Å²) in [6.45, 7) is 4.39. The molecule has 112 valence electrons. The van der Waals surface area contributed by atoms with E-state index in [1.165, 1.54) is 0 Å². The third kappa shape index (κ3) is 3.66. The van der Waals surface area contributed by atoms with Gasteiger partial charge in [0.05, 0.1) is 4.90 Å². The molecule has 21 heavy (non-hydrogen) atoms. The Morgan fingerprint density at radius 1 is 1.14 bits per heavy atom. The first-order valence-corrected chi connectivity index (χ1v) is 8.11. The van der Waals surface area contributed by atoms with Gasteiger partial charge in [0.25, 0.3) is 0 Å². The molecule has 0 amide bonds. The van der Waals surface area contributed by atoms with Gasteiger partial charge < -0.3 is 5.73 Å². The second kappa shape index (κ2) is 6.34. The fraction of sp³-hybridized carbons (Fsp3) is 0.267. The molecular formula is C15H19N3O2S. The number of nitrogens with one attached hydrogen (secondary N) is 1. The molecule has 0 aliphatic rings. The Hall–Kier alpha value is -1.76. The van der Waals surface area contributed by atoms with Gasteiger partial charge in [-0.25, -0.2) is 13.1 Å². The van der Waals surface area contributed by atoms with Crippen molar-refractivity contribution in [1.82, 2.24) is 9.71 Å². The minimum Gasteiger partial charge on any atom is -0.326 e. The molecule has 2 aromatic rings. The maximum absolute atomic E-state index is 12.3. The number of aryl methyl sites for hydroxylation is 2. The predicted octanol–water partition coefficient (Wildman–Crippen LogP) is 1.64. The average molecular weight is 305 g/mol. The van der Waals surface area contributed by atoms with Crippen LogP contribution in [0, 0.1) is 13.8 Å². The molecule has 1 aromatic carbocycles. The molecule has 0 aliphatic heterocycles. The largest absolute Gasteiger partial charge is 0.326 e. The number of nitrogens with two attached hydrogens (primary N) is 1.